The number of hydrogen-bond acceptors (Lipinski definition) is 5. The molecule has 0 aliphatic rings. The number of halogens is 2. The van der Waals surface area contributed by atoms with Gasteiger partial charge in [0.1, 0.15) is 10.9 Å². The standard InChI is InChI=1S/C13H17Cl2N3O4S2/c1-23-5-4-10(13(20)17-7-12(16)19)18-24(21,22)11-6-8(14)2-3-9(11)15/h2-3,6,10,18H,4-5,7H2,1H3,(H2,16,19)(H,17,20). The fourth-order valence-corrected chi connectivity index (χ4v) is 4.17. The Morgan fingerprint density at radius 3 is 2.58 bits per heavy atom. The lowest BCUT2D eigenvalue weighted by Gasteiger charge is -2.18. The second-order valence-electron chi connectivity index (χ2n) is 4.71. The van der Waals surface area contributed by atoms with Crippen molar-refractivity contribution in [2.75, 3.05) is 18.6 Å². The summed E-state index contributed by atoms with van der Waals surface area (Å²) in [5.41, 5.74) is 4.97. The van der Waals surface area contributed by atoms with Gasteiger partial charge in [0.25, 0.3) is 0 Å². The lowest BCUT2D eigenvalue weighted by Crippen LogP contribution is -2.48. The predicted octanol–water partition coefficient (Wildman–Crippen LogP) is 0.995. The zero-order valence-electron chi connectivity index (χ0n) is 12.7. The fraction of sp³-hybridized carbons (Fsp3) is 0.385. The van der Waals surface area contributed by atoms with Crippen LogP contribution >= 0.6 is 35.0 Å². The number of nitrogens with two attached hydrogens (primary N) is 1. The van der Waals surface area contributed by atoms with Gasteiger partial charge in [-0.25, -0.2) is 8.42 Å². The maximum Gasteiger partial charge on any atom is 0.242 e. The number of benzene rings is 1. The maximum atomic E-state index is 12.5. The highest BCUT2D eigenvalue weighted by Gasteiger charge is 2.27. The Hall–Kier alpha value is -1.00. The number of primary amides is 1. The first-order chi connectivity index (χ1) is 11.2. The molecule has 7 nitrogen and oxygen atoms in total. The van der Waals surface area contributed by atoms with Gasteiger partial charge in [-0.15, -0.1) is 0 Å². The molecule has 0 aliphatic carbocycles. The summed E-state index contributed by atoms with van der Waals surface area (Å²) in [6.07, 6.45) is 2.05. The number of hydrogen-bond donors (Lipinski definition) is 3. The highest BCUT2D eigenvalue weighted by Crippen LogP contribution is 2.25. The molecule has 0 saturated heterocycles. The molecule has 11 heteroatoms. The van der Waals surface area contributed by atoms with Gasteiger partial charge in [-0.2, -0.15) is 16.5 Å². The van der Waals surface area contributed by atoms with Crippen molar-refractivity contribution in [2.45, 2.75) is 17.4 Å². The van der Waals surface area contributed by atoms with E-state index < -0.39 is 27.9 Å². The van der Waals surface area contributed by atoms with Crippen molar-refractivity contribution in [1.29, 1.82) is 0 Å². The Balaban J connectivity index is 3.00. The molecule has 1 aromatic rings. The van der Waals surface area contributed by atoms with Crippen molar-refractivity contribution >= 4 is 56.8 Å². The SMILES string of the molecule is CSCCC(NS(=O)(=O)c1cc(Cl)ccc1Cl)C(=O)NCC(N)=O. The number of sulfonamides is 1. The summed E-state index contributed by atoms with van der Waals surface area (Å²) in [6, 6.07) is 2.92. The van der Waals surface area contributed by atoms with Crippen LogP contribution in [-0.4, -0.2) is 44.8 Å². The van der Waals surface area contributed by atoms with Crippen LogP contribution in [0, 0.1) is 0 Å². The van der Waals surface area contributed by atoms with Crippen LogP contribution < -0.4 is 15.8 Å². The highest BCUT2D eigenvalue weighted by molar-refractivity contribution is 7.98. The van der Waals surface area contributed by atoms with Gasteiger partial charge in [-0.1, -0.05) is 23.2 Å². The summed E-state index contributed by atoms with van der Waals surface area (Å²) in [7, 11) is -4.08. The molecule has 1 atom stereocenters. The van der Waals surface area contributed by atoms with Crippen molar-refractivity contribution in [3.8, 4) is 0 Å². The molecule has 0 aliphatic heterocycles. The summed E-state index contributed by atoms with van der Waals surface area (Å²) in [4.78, 5) is 22.6. The average molecular weight is 414 g/mol. The van der Waals surface area contributed by atoms with Gasteiger partial charge in [-0.3, -0.25) is 9.59 Å². The third-order valence-electron chi connectivity index (χ3n) is 2.84. The molecule has 0 saturated carbocycles. The van der Waals surface area contributed by atoms with Crippen molar-refractivity contribution in [2.24, 2.45) is 5.73 Å². The van der Waals surface area contributed by atoms with Gasteiger partial charge >= 0.3 is 0 Å². The minimum absolute atomic E-state index is 0.0203. The van der Waals surface area contributed by atoms with Gasteiger partial charge in [0, 0.05) is 5.02 Å². The number of amides is 2. The number of carbonyl (C=O) groups excluding carboxylic acids is 2. The van der Waals surface area contributed by atoms with Gasteiger partial charge in [0.05, 0.1) is 11.6 Å². The second kappa shape index (κ2) is 9.47. The van der Waals surface area contributed by atoms with E-state index in [-0.39, 0.29) is 27.9 Å². The molecule has 134 valence electrons. The van der Waals surface area contributed by atoms with Crippen molar-refractivity contribution < 1.29 is 18.0 Å². The van der Waals surface area contributed by atoms with Crippen LogP contribution in [0.4, 0.5) is 0 Å². The molecule has 1 rings (SSSR count). The zero-order chi connectivity index (χ0) is 18.3. The first-order valence-electron chi connectivity index (χ1n) is 6.69. The highest BCUT2D eigenvalue weighted by atomic mass is 35.5. The van der Waals surface area contributed by atoms with E-state index in [1.807, 2.05) is 6.26 Å². The number of thioether (sulfide) groups is 1. The van der Waals surface area contributed by atoms with E-state index in [9.17, 15) is 18.0 Å². The molecule has 24 heavy (non-hydrogen) atoms. The van der Waals surface area contributed by atoms with Crippen LogP contribution in [-0.2, 0) is 19.6 Å². The van der Waals surface area contributed by atoms with Crippen LogP contribution in [0.3, 0.4) is 0 Å². The van der Waals surface area contributed by atoms with E-state index in [2.05, 4.69) is 10.0 Å². The Kier molecular flexibility index (Phi) is 8.31. The molecule has 0 fully saturated rings. The quantitative estimate of drug-likeness (QED) is 0.557. The summed E-state index contributed by atoms with van der Waals surface area (Å²) in [5.74, 6) is -0.849. The molecule has 1 aromatic carbocycles. The third kappa shape index (κ3) is 6.48. The molecule has 0 bridgehead atoms. The maximum absolute atomic E-state index is 12.5. The Bertz CT molecular complexity index is 713. The zero-order valence-corrected chi connectivity index (χ0v) is 15.9. The largest absolute Gasteiger partial charge is 0.368 e. The Labute approximate surface area is 154 Å². The first-order valence-corrected chi connectivity index (χ1v) is 10.3. The van der Waals surface area contributed by atoms with Crippen LogP contribution in [0.1, 0.15) is 6.42 Å². The number of rotatable bonds is 9. The molecule has 0 heterocycles. The Morgan fingerprint density at radius 2 is 2.00 bits per heavy atom. The van der Waals surface area contributed by atoms with Crippen molar-refractivity contribution in [3.63, 3.8) is 0 Å². The van der Waals surface area contributed by atoms with E-state index in [1.165, 1.54) is 30.0 Å². The second-order valence-corrected chi connectivity index (χ2v) is 8.23. The van der Waals surface area contributed by atoms with Crippen LogP contribution in [0.5, 0.6) is 0 Å². The lowest BCUT2D eigenvalue weighted by molar-refractivity contribution is -0.125. The summed E-state index contributed by atoms with van der Waals surface area (Å²) in [5, 5.41) is 2.46. The molecular weight excluding hydrogens is 397 g/mol. The predicted molar refractivity (Wildman–Crippen MR) is 95.8 cm³/mol. The van der Waals surface area contributed by atoms with Gasteiger partial charge < -0.3 is 11.1 Å². The molecule has 0 radical (unpaired) electrons. The van der Waals surface area contributed by atoms with E-state index in [0.717, 1.165) is 0 Å². The van der Waals surface area contributed by atoms with Gasteiger partial charge in [0.2, 0.25) is 21.8 Å². The lowest BCUT2D eigenvalue weighted by atomic mass is 10.2. The third-order valence-corrected chi connectivity index (χ3v) is 5.68. The van der Waals surface area contributed by atoms with E-state index in [1.54, 1.807) is 0 Å². The fourth-order valence-electron chi connectivity index (χ4n) is 1.71. The monoisotopic (exact) mass is 413 g/mol. The van der Waals surface area contributed by atoms with Crippen LogP contribution in [0.15, 0.2) is 23.1 Å². The van der Waals surface area contributed by atoms with E-state index >= 15 is 0 Å². The molecule has 0 spiro atoms. The molecular formula is C13H17Cl2N3O4S2. The smallest absolute Gasteiger partial charge is 0.242 e. The summed E-state index contributed by atoms with van der Waals surface area (Å²) < 4.78 is 27.3. The summed E-state index contributed by atoms with van der Waals surface area (Å²) in [6.45, 7) is -0.381. The molecule has 4 N–H and O–H groups in total. The van der Waals surface area contributed by atoms with E-state index in [0.29, 0.717) is 5.75 Å². The molecule has 1 unspecified atom stereocenters. The minimum atomic E-state index is -4.08. The van der Waals surface area contributed by atoms with Crippen molar-refractivity contribution in [1.82, 2.24) is 10.0 Å². The molecule has 2 amide bonds. The van der Waals surface area contributed by atoms with Crippen LogP contribution in [0.25, 0.3) is 0 Å². The van der Waals surface area contributed by atoms with Crippen LogP contribution in [0.2, 0.25) is 10.0 Å². The normalized spacial score (nSPS) is 12.6. The summed E-state index contributed by atoms with van der Waals surface area (Å²) >= 11 is 13.2. The Morgan fingerprint density at radius 1 is 1.33 bits per heavy atom. The first kappa shape index (κ1) is 21.0. The van der Waals surface area contributed by atoms with Gasteiger partial charge in [-0.05, 0) is 36.6 Å². The number of nitrogens with one attached hydrogen (secondary N) is 2. The number of carbonyl (C=O) groups is 2. The minimum Gasteiger partial charge on any atom is -0.368 e. The van der Waals surface area contributed by atoms with E-state index in [4.69, 9.17) is 28.9 Å². The average Bonchev–Trinajstić information content (AvgIpc) is 2.51. The molecule has 0 aromatic heterocycles. The topological polar surface area (TPSA) is 118 Å². The van der Waals surface area contributed by atoms with Gasteiger partial charge in [0.15, 0.2) is 0 Å². The van der Waals surface area contributed by atoms with Crippen molar-refractivity contribution in [3.05, 3.63) is 28.2 Å².